The Bertz CT molecular complexity index is 524. The summed E-state index contributed by atoms with van der Waals surface area (Å²) in [5.74, 6) is 3.63. The molecule has 0 heterocycles. The number of hydrogen-bond acceptors (Lipinski definition) is 2. The van der Waals surface area contributed by atoms with Gasteiger partial charge in [-0.25, -0.2) is 0 Å². The van der Waals surface area contributed by atoms with Crippen LogP contribution in [0.5, 0.6) is 0 Å². The van der Waals surface area contributed by atoms with E-state index in [0.29, 0.717) is 41.7 Å². The molecule has 2 nitrogen and oxygen atoms in total. The third-order valence-corrected chi connectivity index (χ3v) is 8.75. The van der Waals surface area contributed by atoms with E-state index in [-0.39, 0.29) is 11.3 Å². The lowest BCUT2D eigenvalue weighted by atomic mass is 9.44. The maximum atomic E-state index is 12.9. The minimum atomic E-state index is 0.0400. The first-order valence-electron chi connectivity index (χ1n) is 9.40. The van der Waals surface area contributed by atoms with Gasteiger partial charge < -0.3 is 0 Å². The van der Waals surface area contributed by atoms with Crippen LogP contribution in [0.4, 0.5) is 0 Å². The molecule has 4 aliphatic carbocycles. The van der Waals surface area contributed by atoms with Crippen LogP contribution in [0.25, 0.3) is 0 Å². The van der Waals surface area contributed by atoms with E-state index in [1.54, 1.807) is 0 Å². The molecule has 4 saturated carbocycles. The summed E-state index contributed by atoms with van der Waals surface area (Å²) in [6.45, 7) is 7.27. The quantitative estimate of drug-likeness (QED) is 0.664. The molecule has 0 aromatic carbocycles. The van der Waals surface area contributed by atoms with Gasteiger partial charge in [0.25, 0.3) is 0 Å². The first kappa shape index (κ1) is 14.9. The Balaban J connectivity index is 1.69. The van der Waals surface area contributed by atoms with Gasteiger partial charge in [-0.15, -0.1) is 0 Å². The normalized spacial score (nSPS) is 54.6. The maximum Gasteiger partial charge on any atom is 0.137 e. The van der Waals surface area contributed by atoms with Crippen molar-refractivity contribution in [2.45, 2.75) is 72.1 Å². The number of Topliss-reactive ketones (excluding diaryl/α,β-unsaturated/α-hetero) is 2. The van der Waals surface area contributed by atoms with E-state index in [9.17, 15) is 9.59 Å². The monoisotopic (exact) mass is 302 g/mol. The van der Waals surface area contributed by atoms with Crippen LogP contribution in [-0.2, 0) is 9.59 Å². The summed E-state index contributed by atoms with van der Waals surface area (Å²) in [7, 11) is 0. The summed E-state index contributed by atoms with van der Waals surface area (Å²) in [5.41, 5.74) is 0.580. The summed E-state index contributed by atoms with van der Waals surface area (Å²) < 4.78 is 0. The van der Waals surface area contributed by atoms with Crippen molar-refractivity contribution >= 4 is 11.6 Å². The molecule has 4 aliphatic rings. The highest BCUT2D eigenvalue weighted by Crippen LogP contribution is 2.66. The highest BCUT2D eigenvalue weighted by molar-refractivity contribution is 5.90. The average molecular weight is 302 g/mol. The summed E-state index contributed by atoms with van der Waals surface area (Å²) >= 11 is 0. The Kier molecular flexibility index (Phi) is 3.17. The highest BCUT2D eigenvalue weighted by atomic mass is 16.1. The van der Waals surface area contributed by atoms with Gasteiger partial charge >= 0.3 is 0 Å². The average Bonchev–Trinajstić information content (AvgIpc) is 2.77. The molecule has 5 unspecified atom stereocenters. The van der Waals surface area contributed by atoms with Crippen LogP contribution in [0.2, 0.25) is 0 Å². The van der Waals surface area contributed by atoms with E-state index in [1.807, 2.05) is 0 Å². The van der Waals surface area contributed by atoms with Crippen molar-refractivity contribution in [1.82, 2.24) is 0 Å². The van der Waals surface area contributed by atoms with Crippen LogP contribution in [0, 0.1) is 40.4 Å². The maximum absolute atomic E-state index is 12.9. The lowest BCUT2D eigenvalue weighted by Crippen LogP contribution is -2.56. The molecule has 0 amide bonds. The van der Waals surface area contributed by atoms with Crippen molar-refractivity contribution in [3.63, 3.8) is 0 Å². The molecule has 0 aromatic rings. The summed E-state index contributed by atoms with van der Waals surface area (Å²) in [4.78, 5) is 24.7. The highest BCUT2D eigenvalue weighted by Gasteiger charge is 2.61. The van der Waals surface area contributed by atoms with Gasteiger partial charge in [0.15, 0.2) is 0 Å². The van der Waals surface area contributed by atoms with Crippen molar-refractivity contribution < 1.29 is 9.59 Å². The summed E-state index contributed by atoms with van der Waals surface area (Å²) in [6.07, 6.45) is 8.27. The second-order valence-corrected chi connectivity index (χ2v) is 9.37. The Morgan fingerprint density at radius 1 is 0.909 bits per heavy atom. The predicted octanol–water partition coefficient (Wildman–Crippen LogP) is 4.41. The number of carbonyl (C=O) groups excluding carboxylic acids is 2. The fraction of sp³-hybridized carbons (Fsp3) is 0.900. The SMILES string of the molecule is CC1CCC2C3CC(=O)C4CC(=O)CC[C@]4(C)C3CC[C@]12C. The molecule has 4 fully saturated rings. The van der Waals surface area contributed by atoms with Crippen molar-refractivity contribution in [1.29, 1.82) is 0 Å². The molecule has 2 heteroatoms. The molecule has 0 N–H and O–H groups in total. The van der Waals surface area contributed by atoms with Gasteiger partial charge in [0.2, 0.25) is 0 Å². The van der Waals surface area contributed by atoms with E-state index >= 15 is 0 Å². The van der Waals surface area contributed by atoms with E-state index in [2.05, 4.69) is 20.8 Å². The van der Waals surface area contributed by atoms with E-state index < -0.39 is 0 Å². The molecule has 0 aliphatic heterocycles. The van der Waals surface area contributed by atoms with Gasteiger partial charge in [-0.2, -0.15) is 0 Å². The molecular weight excluding hydrogens is 272 g/mol. The standard InChI is InChI=1S/C20H30O2/c1-12-4-5-15-14-11-18(22)17-10-13(21)6-8-20(17,3)16(14)7-9-19(12,15)2/h12,14-17H,4-11H2,1-3H3/t12?,14?,15?,16?,17?,19-,20-/m1/s1. The summed E-state index contributed by atoms with van der Waals surface area (Å²) in [5, 5.41) is 0. The fourth-order valence-corrected chi connectivity index (χ4v) is 7.10. The van der Waals surface area contributed by atoms with Gasteiger partial charge in [-0.1, -0.05) is 20.8 Å². The first-order chi connectivity index (χ1) is 10.4. The minimum absolute atomic E-state index is 0.0400. The molecule has 0 radical (unpaired) electrons. The zero-order chi connectivity index (χ0) is 15.7. The Hall–Kier alpha value is -0.660. The molecule has 0 spiro atoms. The Morgan fingerprint density at radius 2 is 1.64 bits per heavy atom. The van der Waals surface area contributed by atoms with Gasteiger partial charge in [-0.05, 0) is 66.6 Å². The van der Waals surface area contributed by atoms with Crippen LogP contribution in [0.1, 0.15) is 72.1 Å². The van der Waals surface area contributed by atoms with Gasteiger partial charge in [0, 0.05) is 25.2 Å². The molecule has 0 saturated heterocycles. The van der Waals surface area contributed by atoms with Gasteiger partial charge in [-0.3, -0.25) is 9.59 Å². The molecule has 22 heavy (non-hydrogen) atoms. The molecule has 4 rings (SSSR count). The topological polar surface area (TPSA) is 34.1 Å². The van der Waals surface area contributed by atoms with Crippen LogP contribution >= 0.6 is 0 Å². The zero-order valence-electron chi connectivity index (χ0n) is 14.4. The van der Waals surface area contributed by atoms with Gasteiger partial charge in [0.05, 0.1) is 0 Å². The lowest BCUT2D eigenvalue weighted by molar-refractivity contribution is -0.158. The molecular formula is C20H30O2. The van der Waals surface area contributed by atoms with Crippen molar-refractivity contribution in [3.05, 3.63) is 0 Å². The second-order valence-electron chi connectivity index (χ2n) is 9.37. The van der Waals surface area contributed by atoms with Crippen molar-refractivity contribution in [2.24, 2.45) is 40.4 Å². The van der Waals surface area contributed by atoms with Crippen LogP contribution in [0.15, 0.2) is 0 Å². The zero-order valence-corrected chi connectivity index (χ0v) is 14.4. The number of ketones is 2. The van der Waals surface area contributed by atoms with Crippen LogP contribution < -0.4 is 0 Å². The Morgan fingerprint density at radius 3 is 2.41 bits per heavy atom. The van der Waals surface area contributed by atoms with Crippen molar-refractivity contribution in [3.8, 4) is 0 Å². The van der Waals surface area contributed by atoms with Crippen molar-refractivity contribution in [2.75, 3.05) is 0 Å². The number of fused-ring (bicyclic) bond motifs is 5. The molecule has 0 aromatic heterocycles. The Labute approximate surface area is 134 Å². The van der Waals surface area contributed by atoms with E-state index in [0.717, 1.165) is 24.7 Å². The second kappa shape index (κ2) is 4.68. The first-order valence-corrected chi connectivity index (χ1v) is 9.40. The number of carbonyl (C=O) groups is 2. The van der Waals surface area contributed by atoms with Crippen LogP contribution in [0.3, 0.4) is 0 Å². The third-order valence-electron chi connectivity index (χ3n) is 8.75. The fourth-order valence-electron chi connectivity index (χ4n) is 7.10. The third kappa shape index (κ3) is 1.79. The minimum Gasteiger partial charge on any atom is -0.300 e. The lowest BCUT2D eigenvalue weighted by Gasteiger charge is -2.59. The molecule has 7 atom stereocenters. The smallest absolute Gasteiger partial charge is 0.137 e. The predicted molar refractivity (Wildman–Crippen MR) is 86.3 cm³/mol. The molecule has 0 bridgehead atoms. The van der Waals surface area contributed by atoms with Gasteiger partial charge in [0.1, 0.15) is 11.6 Å². The van der Waals surface area contributed by atoms with E-state index in [1.165, 1.54) is 25.7 Å². The van der Waals surface area contributed by atoms with E-state index in [4.69, 9.17) is 0 Å². The molecule has 122 valence electrons. The largest absolute Gasteiger partial charge is 0.300 e. The number of hydrogen-bond donors (Lipinski definition) is 0. The summed E-state index contributed by atoms with van der Waals surface area (Å²) in [6, 6.07) is 0. The number of rotatable bonds is 0. The van der Waals surface area contributed by atoms with Crippen LogP contribution in [-0.4, -0.2) is 11.6 Å².